The van der Waals surface area contributed by atoms with E-state index in [0.29, 0.717) is 24.1 Å². The van der Waals surface area contributed by atoms with Crippen LogP contribution in [0, 0.1) is 12.8 Å². The maximum atomic E-state index is 11.1. The number of anilines is 1. The maximum absolute atomic E-state index is 11.1. The summed E-state index contributed by atoms with van der Waals surface area (Å²) in [6, 6.07) is 5.39. The monoisotopic (exact) mass is 372 g/mol. The van der Waals surface area contributed by atoms with Gasteiger partial charge in [-0.15, -0.1) is 0 Å². The maximum Gasteiger partial charge on any atom is 0.412 e. The van der Waals surface area contributed by atoms with Crippen molar-refractivity contribution in [1.29, 1.82) is 0 Å². The largest absolute Gasteiger partial charge is 0.490 e. The van der Waals surface area contributed by atoms with Crippen molar-refractivity contribution in [2.24, 2.45) is 11.7 Å². The van der Waals surface area contributed by atoms with E-state index < -0.39 is 11.6 Å². The third-order valence-corrected chi connectivity index (χ3v) is 4.17. The van der Waals surface area contributed by atoms with Crippen molar-refractivity contribution in [1.82, 2.24) is 9.97 Å². The van der Waals surface area contributed by atoms with Gasteiger partial charge in [-0.1, -0.05) is 13.8 Å². The van der Waals surface area contributed by atoms with Gasteiger partial charge in [0.2, 0.25) is 0 Å². The van der Waals surface area contributed by atoms with Crippen LogP contribution in [-0.4, -0.2) is 40.4 Å². The zero-order valence-corrected chi connectivity index (χ0v) is 16.6. The van der Waals surface area contributed by atoms with Crippen molar-refractivity contribution in [3.63, 3.8) is 0 Å². The van der Waals surface area contributed by atoms with Crippen molar-refractivity contribution in [3.05, 3.63) is 36.2 Å². The number of ether oxygens (including phenoxy) is 1. The number of hydrogen-bond donors (Lipinski definition) is 2. The number of amides is 1. The average molecular weight is 372 g/mol. The summed E-state index contributed by atoms with van der Waals surface area (Å²) in [5, 5.41) is 9.10. The summed E-state index contributed by atoms with van der Waals surface area (Å²) in [6.07, 6.45) is 3.04. The molecular weight excluding hydrogens is 344 g/mol. The minimum Gasteiger partial charge on any atom is -0.490 e. The molecule has 0 aliphatic rings. The molecule has 7 heteroatoms. The predicted molar refractivity (Wildman–Crippen MR) is 106 cm³/mol. The second-order valence-electron chi connectivity index (χ2n) is 7.62. The molecule has 0 fully saturated rings. The Hall–Kier alpha value is -2.67. The van der Waals surface area contributed by atoms with Gasteiger partial charge in [0, 0.05) is 24.3 Å². The Morgan fingerprint density at radius 2 is 2.07 bits per heavy atom. The topological polar surface area (TPSA) is 102 Å². The number of hydrogen-bond acceptors (Lipinski definition) is 5. The average Bonchev–Trinajstić information content (AvgIpc) is 2.59. The molecule has 0 saturated heterocycles. The number of carbonyl (C=O) groups is 1. The van der Waals surface area contributed by atoms with Crippen LogP contribution in [0.4, 0.5) is 10.6 Å². The summed E-state index contributed by atoms with van der Waals surface area (Å²) in [5.74, 6) is 1.53. The van der Waals surface area contributed by atoms with E-state index in [2.05, 4.69) is 23.8 Å². The molecule has 0 aromatic carbocycles. The highest BCUT2D eigenvalue weighted by Crippen LogP contribution is 2.26. The van der Waals surface area contributed by atoms with Crippen LogP contribution >= 0.6 is 0 Å². The summed E-state index contributed by atoms with van der Waals surface area (Å²) < 4.78 is 5.90. The fourth-order valence-corrected chi connectivity index (χ4v) is 2.95. The molecule has 7 nitrogen and oxygen atoms in total. The first-order valence-electron chi connectivity index (χ1n) is 8.90. The van der Waals surface area contributed by atoms with Crippen LogP contribution in [0.25, 0.3) is 11.3 Å². The van der Waals surface area contributed by atoms with Crippen LogP contribution in [0.2, 0.25) is 0 Å². The summed E-state index contributed by atoms with van der Waals surface area (Å²) in [7, 11) is 1.45. The molecule has 1 amide bonds. The van der Waals surface area contributed by atoms with E-state index in [1.807, 2.05) is 19.9 Å². The van der Waals surface area contributed by atoms with Crippen molar-refractivity contribution < 1.29 is 14.6 Å². The molecular formula is C20H28N4O3. The van der Waals surface area contributed by atoms with Crippen LogP contribution in [-0.2, 0) is 0 Å². The van der Waals surface area contributed by atoms with E-state index in [0.717, 1.165) is 28.1 Å². The standard InChI is InChI=1S/C20H28N4O3/c1-13(2)10-20(4,21)12-27-17-11-23-16(8-14(17)3)15-6-7-22-18(9-15)24(5)19(25)26/h6-9,11,13H,10,12,21H2,1-5H3,(H,25,26)/t20-/m0/s1. The summed E-state index contributed by atoms with van der Waals surface area (Å²) in [4.78, 5) is 20.7. The van der Waals surface area contributed by atoms with Gasteiger partial charge in [0.1, 0.15) is 18.2 Å². The van der Waals surface area contributed by atoms with Gasteiger partial charge < -0.3 is 15.6 Å². The lowest BCUT2D eigenvalue weighted by atomic mass is 9.93. The van der Waals surface area contributed by atoms with Gasteiger partial charge in [-0.3, -0.25) is 9.88 Å². The zero-order chi connectivity index (χ0) is 20.2. The predicted octanol–water partition coefficient (Wildman–Crippen LogP) is 3.71. The molecule has 0 bridgehead atoms. The molecule has 0 spiro atoms. The second-order valence-corrected chi connectivity index (χ2v) is 7.62. The Bertz CT molecular complexity index is 806. The summed E-state index contributed by atoms with van der Waals surface area (Å²) in [5.41, 5.74) is 8.34. The lowest BCUT2D eigenvalue weighted by Crippen LogP contribution is -2.43. The molecule has 146 valence electrons. The van der Waals surface area contributed by atoms with Gasteiger partial charge in [-0.2, -0.15) is 0 Å². The number of nitrogens with two attached hydrogens (primary N) is 1. The first-order valence-corrected chi connectivity index (χ1v) is 8.90. The molecule has 2 heterocycles. The van der Waals surface area contributed by atoms with Gasteiger partial charge in [-0.25, -0.2) is 9.78 Å². The van der Waals surface area contributed by atoms with E-state index in [4.69, 9.17) is 15.6 Å². The fraction of sp³-hybridized carbons (Fsp3) is 0.450. The molecule has 0 unspecified atom stereocenters. The van der Waals surface area contributed by atoms with Gasteiger partial charge >= 0.3 is 6.09 Å². The molecule has 2 rings (SSSR count). The van der Waals surface area contributed by atoms with Crippen molar-refractivity contribution in [2.45, 2.75) is 39.7 Å². The normalized spacial score (nSPS) is 13.3. The molecule has 1 atom stereocenters. The smallest absolute Gasteiger partial charge is 0.412 e. The molecule has 2 aromatic heterocycles. The first kappa shape index (κ1) is 20.6. The molecule has 0 radical (unpaired) electrons. The zero-order valence-electron chi connectivity index (χ0n) is 16.6. The Kier molecular flexibility index (Phi) is 6.38. The molecule has 2 aromatic rings. The quantitative estimate of drug-likeness (QED) is 0.768. The molecule has 0 saturated carbocycles. The van der Waals surface area contributed by atoms with E-state index in [-0.39, 0.29) is 0 Å². The van der Waals surface area contributed by atoms with Crippen molar-refractivity contribution in [2.75, 3.05) is 18.6 Å². The third kappa shape index (κ3) is 5.65. The van der Waals surface area contributed by atoms with E-state index in [1.165, 1.54) is 7.05 Å². The van der Waals surface area contributed by atoms with Gasteiger partial charge in [0.25, 0.3) is 0 Å². The number of nitrogens with zero attached hydrogens (tertiary/aromatic N) is 3. The highest BCUT2D eigenvalue weighted by atomic mass is 16.5. The second kappa shape index (κ2) is 8.35. The fourth-order valence-electron chi connectivity index (χ4n) is 2.95. The highest BCUT2D eigenvalue weighted by molar-refractivity contribution is 5.84. The van der Waals surface area contributed by atoms with E-state index in [9.17, 15) is 4.79 Å². The number of aromatic nitrogens is 2. The Morgan fingerprint density at radius 3 is 2.67 bits per heavy atom. The highest BCUT2D eigenvalue weighted by Gasteiger charge is 2.21. The van der Waals surface area contributed by atoms with Crippen molar-refractivity contribution >= 4 is 11.9 Å². The molecule has 3 N–H and O–H groups in total. The summed E-state index contributed by atoms with van der Waals surface area (Å²) in [6.45, 7) is 8.62. The lowest BCUT2D eigenvalue weighted by molar-refractivity contribution is 0.203. The van der Waals surface area contributed by atoms with Gasteiger partial charge in [0.05, 0.1) is 11.9 Å². The van der Waals surface area contributed by atoms with Crippen LogP contribution < -0.4 is 15.4 Å². The Morgan fingerprint density at radius 1 is 1.37 bits per heavy atom. The number of rotatable bonds is 7. The van der Waals surface area contributed by atoms with E-state index in [1.54, 1.807) is 24.5 Å². The molecule has 0 aliphatic heterocycles. The Labute approximate surface area is 160 Å². The first-order chi connectivity index (χ1) is 12.6. The number of pyridine rings is 2. The van der Waals surface area contributed by atoms with Crippen LogP contribution in [0.3, 0.4) is 0 Å². The van der Waals surface area contributed by atoms with Crippen LogP contribution in [0.1, 0.15) is 32.8 Å². The SMILES string of the molecule is Cc1cc(-c2ccnc(N(C)C(=O)O)c2)ncc1OC[C@@](C)(N)CC(C)C. The minimum atomic E-state index is -1.07. The number of aryl methyl sites for hydroxylation is 1. The minimum absolute atomic E-state index is 0.340. The van der Waals surface area contributed by atoms with Crippen molar-refractivity contribution in [3.8, 4) is 17.0 Å². The van der Waals surface area contributed by atoms with Crippen LogP contribution in [0.5, 0.6) is 5.75 Å². The van der Waals surface area contributed by atoms with Gasteiger partial charge in [-0.05, 0) is 49.9 Å². The third-order valence-electron chi connectivity index (χ3n) is 4.17. The van der Waals surface area contributed by atoms with Gasteiger partial charge in [0.15, 0.2) is 0 Å². The lowest BCUT2D eigenvalue weighted by Gasteiger charge is -2.27. The molecule has 0 aliphatic carbocycles. The number of carboxylic acid groups (broad SMARTS) is 1. The van der Waals surface area contributed by atoms with E-state index >= 15 is 0 Å². The molecule has 27 heavy (non-hydrogen) atoms. The Balaban J connectivity index is 2.17. The summed E-state index contributed by atoms with van der Waals surface area (Å²) >= 11 is 0. The van der Waals surface area contributed by atoms with Crippen LogP contribution in [0.15, 0.2) is 30.6 Å².